The third-order valence-electron chi connectivity index (χ3n) is 4.30. The average Bonchev–Trinajstić information content (AvgIpc) is 2.99. The summed E-state index contributed by atoms with van der Waals surface area (Å²) >= 11 is 0. The summed E-state index contributed by atoms with van der Waals surface area (Å²) in [6.07, 6.45) is -0.613. The van der Waals surface area contributed by atoms with Gasteiger partial charge in [-0.2, -0.15) is 0 Å². The zero-order chi connectivity index (χ0) is 24.1. The molecule has 0 aliphatic heterocycles. The number of amides is 1. The molecule has 2 N–H and O–H groups in total. The number of ether oxygens (including phenoxy) is 3. The molecule has 0 atom stereocenters. The van der Waals surface area contributed by atoms with Crippen molar-refractivity contribution >= 4 is 29.5 Å². The topological polar surface area (TPSA) is 124 Å². The first-order chi connectivity index (χ1) is 14.9. The number of hydrogen-bond donors (Lipinski definition) is 2. The number of anilines is 1. The Morgan fingerprint density at radius 2 is 1.59 bits per heavy atom. The molecule has 172 valence electrons. The Hall–Kier alpha value is -3.62. The fourth-order valence-electron chi connectivity index (χ4n) is 2.97. The maximum Gasteiger partial charge on any atom is 0.412 e. The van der Waals surface area contributed by atoms with Crippen LogP contribution >= 0.6 is 0 Å². The van der Waals surface area contributed by atoms with E-state index in [4.69, 9.17) is 14.2 Å². The van der Waals surface area contributed by atoms with E-state index in [1.54, 1.807) is 41.5 Å². The molecule has 9 nitrogen and oxygen atoms in total. The first-order valence-corrected chi connectivity index (χ1v) is 10.1. The monoisotopic (exact) mass is 444 g/mol. The number of Topliss-reactive ketones (excluding diaryl/α,β-unsaturated/α-hetero) is 1. The Kier molecular flexibility index (Phi) is 7.80. The summed E-state index contributed by atoms with van der Waals surface area (Å²) in [5.74, 6) is -1.69. The van der Waals surface area contributed by atoms with Crippen LogP contribution in [0.15, 0.2) is 24.3 Å². The van der Waals surface area contributed by atoms with Gasteiger partial charge in [-0.05, 0) is 71.4 Å². The second-order valence-electron chi connectivity index (χ2n) is 8.05. The van der Waals surface area contributed by atoms with Crippen LogP contribution in [0.5, 0.6) is 0 Å². The van der Waals surface area contributed by atoms with Gasteiger partial charge in [0.2, 0.25) is 5.78 Å². The van der Waals surface area contributed by atoms with Crippen LogP contribution in [-0.2, 0) is 14.2 Å². The van der Waals surface area contributed by atoms with E-state index in [-0.39, 0.29) is 23.4 Å². The van der Waals surface area contributed by atoms with Gasteiger partial charge in [0.1, 0.15) is 11.3 Å². The van der Waals surface area contributed by atoms with Crippen molar-refractivity contribution < 1.29 is 33.4 Å². The van der Waals surface area contributed by atoms with Crippen LogP contribution in [-0.4, -0.2) is 47.6 Å². The maximum absolute atomic E-state index is 12.6. The molecule has 1 amide bonds. The van der Waals surface area contributed by atoms with Crippen LogP contribution in [0, 0.1) is 13.8 Å². The highest BCUT2D eigenvalue weighted by Crippen LogP contribution is 2.20. The molecule has 0 fully saturated rings. The summed E-state index contributed by atoms with van der Waals surface area (Å²) in [5.41, 5.74) is 1.45. The minimum absolute atomic E-state index is 0.201. The molecule has 0 radical (unpaired) electrons. The van der Waals surface area contributed by atoms with Crippen molar-refractivity contribution in [1.82, 2.24) is 4.98 Å². The van der Waals surface area contributed by atoms with Gasteiger partial charge in [0.15, 0.2) is 6.61 Å². The van der Waals surface area contributed by atoms with Crippen molar-refractivity contribution in [2.45, 2.75) is 47.1 Å². The number of rotatable bonds is 7. The number of hydrogen-bond acceptors (Lipinski definition) is 7. The summed E-state index contributed by atoms with van der Waals surface area (Å²) < 4.78 is 15.3. The smallest absolute Gasteiger partial charge is 0.412 e. The van der Waals surface area contributed by atoms with E-state index >= 15 is 0 Å². The van der Waals surface area contributed by atoms with Crippen molar-refractivity contribution in [1.29, 1.82) is 0 Å². The molecule has 2 rings (SSSR count). The number of carbonyl (C=O) groups is 4. The average molecular weight is 444 g/mol. The van der Waals surface area contributed by atoms with Gasteiger partial charge in [-0.25, -0.2) is 14.4 Å². The van der Waals surface area contributed by atoms with E-state index in [2.05, 4.69) is 10.3 Å². The third kappa shape index (κ3) is 6.44. The highest BCUT2D eigenvalue weighted by molar-refractivity contribution is 6.04. The predicted molar refractivity (Wildman–Crippen MR) is 117 cm³/mol. The highest BCUT2D eigenvalue weighted by atomic mass is 16.6. The first kappa shape index (κ1) is 24.6. The Bertz CT molecular complexity index is 1010. The molecule has 1 aromatic heterocycles. The minimum Gasteiger partial charge on any atom is -0.461 e. The standard InChI is InChI=1S/C23H28N2O7/c1-7-30-21(28)19-13(2)18(14(3)24-19)17(26)12-31-20(27)15-8-10-16(11-9-15)25-22(29)32-23(4,5)6/h8-11,24H,7,12H2,1-6H3,(H,25,29). The van der Waals surface area contributed by atoms with Crippen molar-refractivity contribution in [2.75, 3.05) is 18.5 Å². The van der Waals surface area contributed by atoms with E-state index in [0.29, 0.717) is 16.9 Å². The van der Waals surface area contributed by atoms with Crippen molar-refractivity contribution in [3.8, 4) is 0 Å². The van der Waals surface area contributed by atoms with Crippen LogP contribution in [0.1, 0.15) is 70.2 Å². The number of carbonyl (C=O) groups excluding carboxylic acids is 4. The van der Waals surface area contributed by atoms with Gasteiger partial charge in [0, 0.05) is 16.9 Å². The van der Waals surface area contributed by atoms with E-state index in [0.717, 1.165) is 0 Å². The largest absolute Gasteiger partial charge is 0.461 e. The molecule has 0 saturated heterocycles. The molecule has 1 heterocycles. The predicted octanol–water partition coefficient (Wildman–Crippen LogP) is 4.19. The van der Waals surface area contributed by atoms with Gasteiger partial charge in [0.05, 0.1) is 12.2 Å². The molecular weight excluding hydrogens is 416 g/mol. The Labute approximate surface area is 186 Å². The number of aromatic nitrogens is 1. The Balaban J connectivity index is 1.99. The van der Waals surface area contributed by atoms with Gasteiger partial charge in [-0.3, -0.25) is 10.1 Å². The fraction of sp³-hybridized carbons (Fsp3) is 0.391. The molecule has 9 heteroatoms. The van der Waals surface area contributed by atoms with Crippen LogP contribution in [0.3, 0.4) is 0 Å². The zero-order valence-corrected chi connectivity index (χ0v) is 19.1. The lowest BCUT2D eigenvalue weighted by molar-refractivity contribution is 0.0473. The van der Waals surface area contributed by atoms with Crippen molar-refractivity contribution in [3.05, 3.63) is 52.3 Å². The molecule has 0 aliphatic rings. The van der Waals surface area contributed by atoms with Crippen molar-refractivity contribution in [2.24, 2.45) is 0 Å². The third-order valence-corrected chi connectivity index (χ3v) is 4.30. The quantitative estimate of drug-likeness (QED) is 0.373. The van der Waals surface area contributed by atoms with Crippen LogP contribution < -0.4 is 5.32 Å². The van der Waals surface area contributed by atoms with E-state index in [1.807, 2.05) is 0 Å². The minimum atomic E-state index is -0.696. The number of H-pyrrole nitrogens is 1. The number of benzene rings is 1. The van der Waals surface area contributed by atoms with Crippen LogP contribution in [0.2, 0.25) is 0 Å². The first-order valence-electron chi connectivity index (χ1n) is 10.1. The second kappa shape index (κ2) is 10.1. The lowest BCUT2D eigenvalue weighted by atomic mass is 10.1. The number of aromatic amines is 1. The number of esters is 2. The van der Waals surface area contributed by atoms with E-state index < -0.39 is 36.0 Å². The molecule has 0 aliphatic carbocycles. The molecular formula is C23H28N2O7. The van der Waals surface area contributed by atoms with Gasteiger partial charge >= 0.3 is 18.0 Å². The number of ketones is 1. The number of aryl methyl sites for hydroxylation is 1. The summed E-state index contributed by atoms with van der Waals surface area (Å²) in [5, 5.41) is 2.56. The normalized spacial score (nSPS) is 10.9. The van der Waals surface area contributed by atoms with Gasteiger partial charge < -0.3 is 19.2 Å². The van der Waals surface area contributed by atoms with Crippen LogP contribution in [0.25, 0.3) is 0 Å². The Morgan fingerprint density at radius 3 is 2.16 bits per heavy atom. The van der Waals surface area contributed by atoms with Crippen molar-refractivity contribution in [3.63, 3.8) is 0 Å². The zero-order valence-electron chi connectivity index (χ0n) is 19.1. The SMILES string of the molecule is CCOC(=O)c1[nH]c(C)c(C(=O)COC(=O)c2ccc(NC(=O)OC(C)(C)C)cc2)c1C. The Morgan fingerprint density at radius 1 is 0.969 bits per heavy atom. The molecule has 0 saturated carbocycles. The molecule has 32 heavy (non-hydrogen) atoms. The van der Waals surface area contributed by atoms with E-state index in [1.165, 1.54) is 24.3 Å². The number of nitrogens with one attached hydrogen (secondary N) is 2. The summed E-state index contributed by atoms with van der Waals surface area (Å²) in [6.45, 7) is 9.95. The second-order valence-corrected chi connectivity index (χ2v) is 8.05. The molecule has 2 aromatic rings. The highest BCUT2D eigenvalue weighted by Gasteiger charge is 2.23. The van der Waals surface area contributed by atoms with Gasteiger partial charge in [-0.15, -0.1) is 0 Å². The van der Waals surface area contributed by atoms with E-state index in [9.17, 15) is 19.2 Å². The summed E-state index contributed by atoms with van der Waals surface area (Å²) in [6, 6.07) is 5.97. The molecule has 0 unspecified atom stereocenters. The summed E-state index contributed by atoms with van der Waals surface area (Å²) in [4.78, 5) is 51.5. The molecule has 0 spiro atoms. The van der Waals surface area contributed by atoms with Gasteiger partial charge in [0.25, 0.3) is 0 Å². The lowest BCUT2D eigenvalue weighted by Gasteiger charge is -2.19. The maximum atomic E-state index is 12.6. The fourth-order valence-corrected chi connectivity index (χ4v) is 2.97. The summed E-state index contributed by atoms with van der Waals surface area (Å²) in [7, 11) is 0. The molecule has 1 aromatic carbocycles. The van der Waals surface area contributed by atoms with Gasteiger partial charge in [-0.1, -0.05) is 0 Å². The lowest BCUT2D eigenvalue weighted by Crippen LogP contribution is -2.27. The molecule has 0 bridgehead atoms. The van der Waals surface area contributed by atoms with Crippen LogP contribution in [0.4, 0.5) is 10.5 Å².